The van der Waals surface area contributed by atoms with E-state index in [-0.39, 0.29) is 5.91 Å². The molecule has 1 aliphatic heterocycles. The summed E-state index contributed by atoms with van der Waals surface area (Å²) in [6, 6.07) is 1.78. The lowest BCUT2D eigenvalue weighted by Gasteiger charge is -2.27. The highest BCUT2D eigenvalue weighted by atomic mass is 16.1. The number of amides is 1. The maximum absolute atomic E-state index is 12.2. The summed E-state index contributed by atoms with van der Waals surface area (Å²) >= 11 is 0. The highest BCUT2D eigenvalue weighted by Crippen LogP contribution is 2.17. The number of carbonyl (C=O) groups excluding carboxylic acids is 1. The minimum atomic E-state index is -0.163. The van der Waals surface area contributed by atoms with E-state index < -0.39 is 0 Å². The Morgan fingerprint density at radius 1 is 1.22 bits per heavy atom. The van der Waals surface area contributed by atoms with Crippen LogP contribution in [0.25, 0.3) is 0 Å². The number of piperidine rings is 1. The van der Waals surface area contributed by atoms with Crippen LogP contribution in [-0.2, 0) is 6.54 Å². The molecule has 0 spiro atoms. The van der Waals surface area contributed by atoms with Gasteiger partial charge in [-0.25, -0.2) is 15.0 Å². The summed E-state index contributed by atoms with van der Waals surface area (Å²) in [6.07, 6.45) is 8.75. The first-order chi connectivity index (χ1) is 11.2. The predicted molar refractivity (Wildman–Crippen MR) is 87.4 cm³/mol. The Labute approximate surface area is 135 Å². The SMILES string of the molecule is Cc1nccn1CCNC(=O)c1cc(N2CCCCC2)ncn1. The minimum Gasteiger partial charge on any atom is -0.357 e. The van der Waals surface area contributed by atoms with E-state index in [9.17, 15) is 4.79 Å². The van der Waals surface area contributed by atoms with E-state index in [0.717, 1.165) is 24.7 Å². The van der Waals surface area contributed by atoms with E-state index in [1.165, 1.54) is 25.6 Å². The zero-order valence-corrected chi connectivity index (χ0v) is 13.4. The average Bonchev–Trinajstić information content (AvgIpc) is 3.01. The van der Waals surface area contributed by atoms with Crippen LogP contribution in [0.5, 0.6) is 0 Å². The van der Waals surface area contributed by atoms with Crippen LogP contribution in [0.3, 0.4) is 0 Å². The van der Waals surface area contributed by atoms with Gasteiger partial charge in [-0.3, -0.25) is 4.79 Å². The van der Waals surface area contributed by atoms with Crippen LogP contribution in [0.4, 0.5) is 5.82 Å². The van der Waals surface area contributed by atoms with E-state index in [1.807, 2.05) is 17.7 Å². The average molecular weight is 314 g/mol. The molecule has 1 aliphatic rings. The van der Waals surface area contributed by atoms with Crippen LogP contribution >= 0.6 is 0 Å². The number of imidazole rings is 1. The predicted octanol–water partition coefficient (Wildman–Crippen LogP) is 1.40. The number of carbonyl (C=O) groups is 1. The number of rotatable bonds is 5. The molecule has 1 N–H and O–H groups in total. The van der Waals surface area contributed by atoms with Crippen molar-refractivity contribution < 1.29 is 4.79 Å². The van der Waals surface area contributed by atoms with Crippen molar-refractivity contribution in [3.05, 3.63) is 36.3 Å². The summed E-state index contributed by atoms with van der Waals surface area (Å²) in [6.45, 7) is 5.17. The van der Waals surface area contributed by atoms with E-state index in [1.54, 1.807) is 12.3 Å². The van der Waals surface area contributed by atoms with Crippen molar-refractivity contribution in [1.29, 1.82) is 0 Å². The molecule has 0 unspecified atom stereocenters. The van der Waals surface area contributed by atoms with Gasteiger partial charge in [-0.15, -0.1) is 0 Å². The van der Waals surface area contributed by atoms with Gasteiger partial charge in [0.05, 0.1) is 0 Å². The van der Waals surface area contributed by atoms with E-state index in [0.29, 0.717) is 18.8 Å². The van der Waals surface area contributed by atoms with Gasteiger partial charge in [0.1, 0.15) is 23.7 Å². The first kappa shape index (κ1) is 15.5. The second kappa shape index (κ2) is 7.21. The second-order valence-corrected chi connectivity index (χ2v) is 5.73. The smallest absolute Gasteiger partial charge is 0.270 e. The lowest BCUT2D eigenvalue weighted by atomic mass is 10.1. The van der Waals surface area contributed by atoms with Crippen LogP contribution < -0.4 is 10.2 Å². The van der Waals surface area contributed by atoms with Gasteiger partial charge in [-0.05, 0) is 26.2 Å². The fourth-order valence-corrected chi connectivity index (χ4v) is 2.79. The molecule has 0 atom stereocenters. The fourth-order valence-electron chi connectivity index (χ4n) is 2.79. The maximum atomic E-state index is 12.2. The molecule has 23 heavy (non-hydrogen) atoms. The largest absolute Gasteiger partial charge is 0.357 e. The molecule has 1 fully saturated rings. The molecule has 2 aromatic rings. The van der Waals surface area contributed by atoms with Gasteiger partial charge in [-0.1, -0.05) is 0 Å². The molecular weight excluding hydrogens is 292 g/mol. The van der Waals surface area contributed by atoms with E-state index >= 15 is 0 Å². The molecule has 0 radical (unpaired) electrons. The Morgan fingerprint density at radius 3 is 2.78 bits per heavy atom. The number of aryl methyl sites for hydroxylation is 1. The third-order valence-electron chi connectivity index (χ3n) is 4.13. The number of hydrogen-bond acceptors (Lipinski definition) is 5. The Hall–Kier alpha value is -2.44. The summed E-state index contributed by atoms with van der Waals surface area (Å²) in [5.74, 6) is 1.62. The molecule has 1 saturated heterocycles. The quantitative estimate of drug-likeness (QED) is 0.903. The molecule has 1 amide bonds. The van der Waals surface area contributed by atoms with Crippen molar-refractivity contribution in [2.75, 3.05) is 24.5 Å². The van der Waals surface area contributed by atoms with Crippen molar-refractivity contribution in [1.82, 2.24) is 24.8 Å². The maximum Gasteiger partial charge on any atom is 0.270 e. The number of aromatic nitrogens is 4. The summed E-state index contributed by atoms with van der Waals surface area (Å²) in [4.78, 5) is 27.0. The van der Waals surface area contributed by atoms with Crippen molar-refractivity contribution in [3.63, 3.8) is 0 Å². The van der Waals surface area contributed by atoms with Gasteiger partial charge in [0, 0.05) is 44.6 Å². The second-order valence-electron chi connectivity index (χ2n) is 5.73. The lowest BCUT2D eigenvalue weighted by Crippen LogP contribution is -2.31. The molecule has 0 bridgehead atoms. The summed E-state index contributed by atoms with van der Waals surface area (Å²) < 4.78 is 2.00. The summed E-state index contributed by atoms with van der Waals surface area (Å²) in [5.41, 5.74) is 0.419. The zero-order chi connectivity index (χ0) is 16.1. The third-order valence-corrected chi connectivity index (χ3v) is 4.13. The van der Waals surface area contributed by atoms with Crippen LogP contribution in [-0.4, -0.2) is 45.1 Å². The lowest BCUT2D eigenvalue weighted by molar-refractivity contribution is 0.0947. The Kier molecular flexibility index (Phi) is 4.85. The normalized spacial score (nSPS) is 14.7. The topological polar surface area (TPSA) is 75.9 Å². The van der Waals surface area contributed by atoms with Crippen molar-refractivity contribution in [3.8, 4) is 0 Å². The standard InChI is InChI=1S/C16H22N6O/c1-13-17-5-9-21(13)10-6-18-16(23)14-11-15(20-12-19-14)22-7-3-2-4-8-22/h5,9,11-12H,2-4,6-8,10H2,1H3,(H,18,23). The van der Waals surface area contributed by atoms with Crippen molar-refractivity contribution >= 4 is 11.7 Å². The number of anilines is 1. The molecule has 0 aliphatic carbocycles. The minimum absolute atomic E-state index is 0.163. The molecule has 3 heterocycles. The van der Waals surface area contributed by atoms with Gasteiger partial charge in [0.2, 0.25) is 0 Å². The first-order valence-corrected chi connectivity index (χ1v) is 8.07. The summed E-state index contributed by atoms with van der Waals surface area (Å²) in [7, 11) is 0. The monoisotopic (exact) mass is 314 g/mol. The van der Waals surface area contributed by atoms with Crippen LogP contribution in [0.1, 0.15) is 35.6 Å². The fraction of sp³-hybridized carbons (Fsp3) is 0.500. The molecule has 7 nitrogen and oxygen atoms in total. The number of hydrogen-bond donors (Lipinski definition) is 1. The molecule has 2 aromatic heterocycles. The molecule has 7 heteroatoms. The van der Waals surface area contributed by atoms with Gasteiger partial charge in [0.15, 0.2) is 0 Å². The van der Waals surface area contributed by atoms with Gasteiger partial charge >= 0.3 is 0 Å². The summed E-state index contributed by atoms with van der Waals surface area (Å²) in [5, 5.41) is 2.90. The zero-order valence-electron chi connectivity index (χ0n) is 13.4. The van der Waals surface area contributed by atoms with Gasteiger partial charge in [-0.2, -0.15) is 0 Å². The molecule has 122 valence electrons. The Bertz CT molecular complexity index is 662. The van der Waals surface area contributed by atoms with Crippen molar-refractivity contribution in [2.45, 2.75) is 32.7 Å². The first-order valence-electron chi connectivity index (χ1n) is 8.07. The van der Waals surface area contributed by atoms with Crippen LogP contribution in [0.2, 0.25) is 0 Å². The van der Waals surface area contributed by atoms with Gasteiger partial charge < -0.3 is 14.8 Å². The van der Waals surface area contributed by atoms with E-state index in [4.69, 9.17) is 0 Å². The highest BCUT2D eigenvalue weighted by Gasteiger charge is 2.15. The third kappa shape index (κ3) is 3.85. The van der Waals surface area contributed by atoms with Crippen LogP contribution in [0, 0.1) is 6.92 Å². The number of nitrogens with zero attached hydrogens (tertiary/aromatic N) is 5. The van der Waals surface area contributed by atoms with E-state index in [2.05, 4.69) is 25.2 Å². The number of nitrogens with one attached hydrogen (secondary N) is 1. The van der Waals surface area contributed by atoms with Gasteiger partial charge in [0.25, 0.3) is 5.91 Å². The molecule has 0 aromatic carbocycles. The highest BCUT2D eigenvalue weighted by molar-refractivity contribution is 5.92. The van der Waals surface area contributed by atoms with Crippen molar-refractivity contribution in [2.24, 2.45) is 0 Å². The Morgan fingerprint density at radius 2 is 2.04 bits per heavy atom. The Balaban J connectivity index is 1.57. The molecule has 0 saturated carbocycles. The van der Waals surface area contributed by atoms with Crippen LogP contribution in [0.15, 0.2) is 24.8 Å². The molecular formula is C16H22N6O. The molecule has 3 rings (SSSR count).